The Morgan fingerprint density at radius 2 is 1.33 bits per heavy atom. The Hall–Kier alpha value is -0.0800. The van der Waals surface area contributed by atoms with Gasteiger partial charge in [0.1, 0.15) is 0 Å². The van der Waals surface area contributed by atoms with E-state index in [1.54, 1.807) is 0 Å². The van der Waals surface area contributed by atoms with Gasteiger partial charge in [-0.05, 0) is 31.6 Å². The normalized spacial score (nSPS) is 14.7. The zero-order chi connectivity index (χ0) is 13.6. The summed E-state index contributed by atoms with van der Waals surface area (Å²) in [5.41, 5.74) is 0. The molecule has 2 atom stereocenters. The summed E-state index contributed by atoms with van der Waals surface area (Å²) in [5.74, 6) is 0.521. The summed E-state index contributed by atoms with van der Waals surface area (Å²) >= 11 is 0. The van der Waals surface area contributed by atoms with Crippen LogP contribution >= 0.6 is 0 Å². The van der Waals surface area contributed by atoms with E-state index in [9.17, 15) is 5.11 Å². The van der Waals surface area contributed by atoms with Gasteiger partial charge in [0.25, 0.3) is 0 Å². The maximum Gasteiger partial charge on any atom is 0.0565 e. The van der Waals surface area contributed by atoms with Crippen molar-refractivity contribution in [1.82, 2.24) is 0 Å². The van der Waals surface area contributed by atoms with E-state index in [4.69, 9.17) is 5.11 Å². The standard InChI is InChI=1S/C16H34O2/c1-3-5-12-15(16(18)4-2)13-10-8-6-7-9-11-14-17/h15-18H,3-14H2,1-2H3. The number of aliphatic hydroxyl groups excluding tert-OH is 2. The van der Waals surface area contributed by atoms with Crippen LogP contribution in [0.1, 0.15) is 84.5 Å². The van der Waals surface area contributed by atoms with Gasteiger partial charge in [0.2, 0.25) is 0 Å². The number of unbranched alkanes of at least 4 members (excludes halogenated alkanes) is 6. The molecule has 0 aromatic carbocycles. The Labute approximate surface area is 114 Å². The Morgan fingerprint density at radius 3 is 1.89 bits per heavy atom. The predicted octanol–water partition coefficient (Wildman–Crippen LogP) is 4.29. The maximum absolute atomic E-state index is 9.99. The minimum atomic E-state index is -0.0917. The van der Waals surface area contributed by atoms with E-state index in [1.165, 1.54) is 51.4 Å². The summed E-state index contributed by atoms with van der Waals surface area (Å²) < 4.78 is 0. The van der Waals surface area contributed by atoms with Gasteiger partial charge < -0.3 is 10.2 Å². The van der Waals surface area contributed by atoms with Crippen molar-refractivity contribution >= 4 is 0 Å². The fraction of sp³-hybridized carbons (Fsp3) is 1.00. The average Bonchev–Trinajstić information content (AvgIpc) is 2.40. The first kappa shape index (κ1) is 17.9. The van der Waals surface area contributed by atoms with Gasteiger partial charge in [-0.1, -0.05) is 58.8 Å². The topological polar surface area (TPSA) is 40.5 Å². The third-order valence-corrected chi connectivity index (χ3v) is 3.87. The second-order valence-corrected chi connectivity index (χ2v) is 5.51. The zero-order valence-electron chi connectivity index (χ0n) is 12.5. The summed E-state index contributed by atoms with van der Waals surface area (Å²) in [5, 5.41) is 18.7. The van der Waals surface area contributed by atoms with Crippen molar-refractivity contribution in [2.75, 3.05) is 6.61 Å². The summed E-state index contributed by atoms with van der Waals surface area (Å²) in [7, 11) is 0. The van der Waals surface area contributed by atoms with Gasteiger partial charge in [-0.3, -0.25) is 0 Å². The lowest BCUT2D eigenvalue weighted by Crippen LogP contribution is -2.19. The summed E-state index contributed by atoms with van der Waals surface area (Å²) in [4.78, 5) is 0. The molecule has 0 fully saturated rings. The molecule has 2 heteroatoms. The van der Waals surface area contributed by atoms with Crippen molar-refractivity contribution in [2.45, 2.75) is 90.6 Å². The van der Waals surface area contributed by atoms with Crippen LogP contribution < -0.4 is 0 Å². The molecule has 2 unspecified atom stereocenters. The number of aliphatic hydroxyl groups is 2. The fourth-order valence-corrected chi connectivity index (χ4v) is 2.55. The first-order valence-corrected chi connectivity index (χ1v) is 8.05. The molecule has 0 aliphatic heterocycles. The minimum absolute atomic E-state index is 0.0917. The van der Waals surface area contributed by atoms with E-state index in [0.29, 0.717) is 12.5 Å². The smallest absolute Gasteiger partial charge is 0.0565 e. The van der Waals surface area contributed by atoms with Crippen LogP contribution in [0.15, 0.2) is 0 Å². The summed E-state index contributed by atoms with van der Waals surface area (Å²) in [6, 6.07) is 0. The number of hydrogen-bond acceptors (Lipinski definition) is 2. The molecule has 2 N–H and O–H groups in total. The Bertz CT molecular complexity index is 159. The van der Waals surface area contributed by atoms with E-state index >= 15 is 0 Å². The molecule has 2 nitrogen and oxygen atoms in total. The molecule has 0 aromatic rings. The van der Waals surface area contributed by atoms with Crippen LogP contribution in [-0.4, -0.2) is 22.9 Å². The van der Waals surface area contributed by atoms with E-state index in [-0.39, 0.29) is 6.10 Å². The highest BCUT2D eigenvalue weighted by molar-refractivity contribution is 4.68. The molecular weight excluding hydrogens is 224 g/mol. The van der Waals surface area contributed by atoms with Gasteiger partial charge in [0.15, 0.2) is 0 Å². The lowest BCUT2D eigenvalue weighted by atomic mass is 9.89. The minimum Gasteiger partial charge on any atom is -0.396 e. The first-order valence-electron chi connectivity index (χ1n) is 8.05. The lowest BCUT2D eigenvalue weighted by molar-refractivity contribution is 0.0905. The van der Waals surface area contributed by atoms with Crippen LogP contribution in [0.5, 0.6) is 0 Å². The molecule has 0 aromatic heterocycles. The number of hydrogen-bond donors (Lipinski definition) is 2. The average molecular weight is 258 g/mol. The molecule has 0 spiro atoms. The van der Waals surface area contributed by atoms with E-state index in [0.717, 1.165) is 19.3 Å². The van der Waals surface area contributed by atoms with Crippen molar-refractivity contribution in [3.05, 3.63) is 0 Å². The van der Waals surface area contributed by atoms with Crippen molar-refractivity contribution in [2.24, 2.45) is 5.92 Å². The predicted molar refractivity (Wildman–Crippen MR) is 78.7 cm³/mol. The Kier molecular flexibility index (Phi) is 13.3. The van der Waals surface area contributed by atoms with Crippen LogP contribution in [0.3, 0.4) is 0 Å². The quantitative estimate of drug-likeness (QED) is 0.484. The lowest BCUT2D eigenvalue weighted by Gasteiger charge is -2.21. The highest BCUT2D eigenvalue weighted by Gasteiger charge is 2.16. The maximum atomic E-state index is 9.99. The molecule has 0 radical (unpaired) electrons. The van der Waals surface area contributed by atoms with Crippen LogP contribution in [0.4, 0.5) is 0 Å². The number of rotatable bonds is 13. The largest absolute Gasteiger partial charge is 0.396 e. The van der Waals surface area contributed by atoms with Gasteiger partial charge in [0.05, 0.1) is 6.10 Å². The third kappa shape index (κ3) is 9.90. The van der Waals surface area contributed by atoms with Gasteiger partial charge in [-0.25, -0.2) is 0 Å². The molecule has 0 aliphatic carbocycles. The highest BCUT2D eigenvalue weighted by Crippen LogP contribution is 2.22. The molecule has 0 aliphatic rings. The van der Waals surface area contributed by atoms with Crippen molar-refractivity contribution in [1.29, 1.82) is 0 Å². The summed E-state index contributed by atoms with van der Waals surface area (Å²) in [6.45, 7) is 4.64. The van der Waals surface area contributed by atoms with Crippen LogP contribution in [-0.2, 0) is 0 Å². The second kappa shape index (κ2) is 13.4. The van der Waals surface area contributed by atoms with E-state index in [2.05, 4.69) is 13.8 Å². The fourth-order valence-electron chi connectivity index (χ4n) is 2.55. The first-order chi connectivity index (χ1) is 8.76. The van der Waals surface area contributed by atoms with Crippen LogP contribution in [0.25, 0.3) is 0 Å². The summed E-state index contributed by atoms with van der Waals surface area (Å²) in [6.07, 6.45) is 12.8. The van der Waals surface area contributed by atoms with E-state index in [1.807, 2.05) is 0 Å². The molecule has 0 bridgehead atoms. The third-order valence-electron chi connectivity index (χ3n) is 3.87. The zero-order valence-corrected chi connectivity index (χ0v) is 12.5. The second-order valence-electron chi connectivity index (χ2n) is 5.51. The van der Waals surface area contributed by atoms with E-state index < -0.39 is 0 Å². The molecular formula is C16H34O2. The monoisotopic (exact) mass is 258 g/mol. The van der Waals surface area contributed by atoms with Crippen molar-refractivity contribution in [3.63, 3.8) is 0 Å². The molecule has 0 amide bonds. The molecule has 110 valence electrons. The Morgan fingerprint density at radius 1 is 0.778 bits per heavy atom. The van der Waals surface area contributed by atoms with Crippen LogP contribution in [0.2, 0.25) is 0 Å². The van der Waals surface area contributed by atoms with Gasteiger partial charge in [0, 0.05) is 6.61 Å². The van der Waals surface area contributed by atoms with Gasteiger partial charge >= 0.3 is 0 Å². The van der Waals surface area contributed by atoms with Gasteiger partial charge in [-0.15, -0.1) is 0 Å². The molecule has 0 rings (SSSR count). The molecule has 0 heterocycles. The molecule has 0 saturated heterocycles. The SMILES string of the molecule is CCCCC(CCCCCCCCO)C(O)CC. The van der Waals surface area contributed by atoms with Crippen molar-refractivity contribution in [3.8, 4) is 0 Å². The van der Waals surface area contributed by atoms with Gasteiger partial charge in [-0.2, -0.15) is 0 Å². The molecule has 0 saturated carbocycles. The Balaban J connectivity index is 3.56. The van der Waals surface area contributed by atoms with Crippen LogP contribution in [0, 0.1) is 5.92 Å². The van der Waals surface area contributed by atoms with Crippen molar-refractivity contribution < 1.29 is 10.2 Å². The highest BCUT2D eigenvalue weighted by atomic mass is 16.3. The molecule has 18 heavy (non-hydrogen) atoms.